The van der Waals surface area contributed by atoms with Gasteiger partial charge in [-0.1, -0.05) is 53.7 Å². The van der Waals surface area contributed by atoms with Crippen LogP contribution in [0.3, 0.4) is 0 Å². The molecule has 32 heavy (non-hydrogen) atoms. The molecule has 0 atom stereocenters. The minimum absolute atomic E-state index is 0.169. The lowest BCUT2D eigenvalue weighted by Crippen LogP contribution is -2.00. The van der Waals surface area contributed by atoms with Crippen molar-refractivity contribution in [1.82, 2.24) is 5.16 Å². The molecule has 0 aliphatic heterocycles. The van der Waals surface area contributed by atoms with E-state index in [1.54, 1.807) is 13.2 Å². The van der Waals surface area contributed by atoms with Crippen LogP contribution in [0, 0.1) is 5.82 Å². The monoisotopic (exact) mass is 433 g/mol. The van der Waals surface area contributed by atoms with Crippen molar-refractivity contribution >= 4 is 5.97 Å². The van der Waals surface area contributed by atoms with Crippen LogP contribution in [0.25, 0.3) is 33.7 Å². The highest BCUT2D eigenvalue weighted by atomic mass is 19.1. The molecule has 0 bridgehead atoms. The fourth-order valence-electron chi connectivity index (χ4n) is 3.40. The molecule has 0 fully saturated rings. The van der Waals surface area contributed by atoms with Crippen molar-refractivity contribution in [3.8, 4) is 33.7 Å². The minimum Gasteiger partial charge on any atom is -0.478 e. The Morgan fingerprint density at radius 3 is 2.50 bits per heavy atom. The van der Waals surface area contributed by atoms with Crippen LogP contribution in [-0.4, -0.2) is 30.1 Å². The molecule has 0 aliphatic carbocycles. The number of halogens is 1. The van der Waals surface area contributed by atoms with Crippen LogP contribution in [0.4, 0.5) is 4.39 Å². The van der Waals surface area contributed by atoms with Crippen molar-refractivity contribution in [2.45, 2.75) is 6.61 Å². The average molecular weight is 433 g/mol. The number of hydrogen-bond acceptors (Lipinski definition) is 5. The number of methoxy groups -OCH3 is 1. The second-order valence-corrected chi connectivity index (χ2v) is 7.07. The summed E-state index contributed by atoms with van der Waals surface area (Å²) < 4.78 is 30.1. The van der Waals surface area contributed by atoms with Crippen molar-refractivity contribution in [1.29, 1.82) is 0 Å². The largest absolute Gasteiger partial charge is 0.478 e. The zero-order valence-electron chi connectivity index (χ0n) is 17.2. The molecular weight excluding hydrogens is 413 g/mol. The number of ether oxygens (including phenoxy) is 2. The van der Waals surface area contributed by atoms with Gasteiger partial charge >= 0.3 is 5.97 Å². The molecule has 6 nitrogen and oxygen atoms in total. The van der Waals surface area contributed by atoms with Crippen molar-refractivity contribution in [3.63, 3.8) is 0 Å². The van der Waals surface area contributed by atoms with Crippen LogP contribution >= 0.6 is 0 Å². The number of carbonyl (C=O) groups is 1. The lowest BCUT2D eigenvalue weighted by Gasteiger charge is -2.12. The number of rotatable bonds is 8. The number of aromatic carboxylic acids is 1. The molecule has 0 saturated carbocycles. The topological polar surface area (TPSA) is 81.8 Å². The molecule has 162 valence electrons. The number of nitrogens with zero attached hydrogens (tertiary/aromatic N) is 1. The third-order valence-electron chi connectivity index (χ3n) is 4.94. The first kappa shape index (κ1) is 21.4. The van der Waals surface area contributed by atoms with E-state index in [-0.39, 0.29) is 6.79 Å². The molecule has 4 rings (SSSR count). The Bertz CT molecular complexity index is 1240. The van der Waals surface area contributed by atoms with E-state index in [4.69, 9.17) is 19.1 Å². The van der Waals surface area contributed by atoms with Crippen LogP contribution in [0.1, 0.15) is 15.9 Å². The third-order valence-corrected chi connectivity index (χ3v) is 4.94. The Balaban J connectivity index is 1.67. The fourth-order valence-corrected chi connectivity index (χ4v) is 3.40. The van der Waals surface area contributed by atoms with E-state index < -0.39 is 17.3 Å². The van der Waals surface area contributed by atoms with Crippen LogP contribution in [0.2, 0.25) is 0 Å². The van der Waals surface area contributed by atoms with Gasteiger partial charge in [0.05, 0.1) is 12.2 Å². The summed E-state index contributed by atoms with van der Waals surface area (Å²) in [5.74, 6) is -1.66. The second-order valence-electron chi connectivity index (χ2n) is 7.07. The van der Waals surface area contributed by atoms with Crippen LogP contribution in [-0.2, 0) is 16.1 Å². The highest BCUT2D eigenvalue weighted by molar-refractivity contribution is 5.88. The Morgan fingerprint density at radius 2 is 1.78 bits per heavy atom. The fraction of sp³-hybridized carbons (Fsp3) is 0.120. The molecule has 0 saturated heterocycles. The van der Waals surface area contributed by atoms with Gasteiger partial charge < -0.3 is 19.1 Å². The molecule has 3 aromatic carbocycles. The standard InChI is InChI=1S/C25H20FNO5/c1-30-15-31-14-19-11-18(8-9-20(19)16-5-3-2-4-6-16)24-13-23(27-32-24)17-7-10-21(25(28)29)22(26)12-17/h2-13H,14-15H2,1H3,(H,28,29). The quantitative estimate of drug-likeness (QED) is 0.286. The van der Waals surface area contributed by atoms with Gasteiger partial charge in [-0.2, -0.15) is 0 Å². The predicted octanol–water partition coefficient (Wildman–Crippen LogP) is 5.63. The van der Waals surface area contributed by atoms with E-state index in [9.17, 15) is 9.18 Å². The molecule has 0 spiro atoms. The van der Waals surface area contributed by atoms with Gasteiger partial charge in [-0.05, 0) is 34.9 Å². The van der Waals surface area contributed by atoms with Gasteiger partial charge in [-0.15, -0.1) is 0 Å². The minimum atomic E-state index is -1.32. The average Bonchev–Trinajstić information content (AvgIpc) is 3.30. The molecule has 0 unspecified atom stereocenters. The zero-order valence-corrected chi connectivity index (χ0v) is 17.2. The Morgan fingerprint density at radius 1 is 1.00 bits per heavy atom. The summed E-state index contributed by atoms with van der Waals surface area (Å²) in [6.07, 6.45) is 0. The summed E-state index contributed by atoms with van der Waals surface area (Å²) >= 11 is 0. The van der Waals surface area contributed by atoms with Crippen LogP contribution < -0.4 is 0 Å². The van der Waals surface area contributed by atoms with Gasteiger partial charge in [0.2, 0.25) is 0 Å². The molecule has 0 aliphatic rings. The molecule has 1 heterocycles. The number of benzene rings is 3. The summed E-state index contributed by atoms with van der Waals surface area (Å²) in [6.45, 7) is 0.511. The maximum Gasteiger partial charge on any atom is 0.338 e. The summed E-state index contributed by atoms with van der Waals surface area (Å²) in [7, 11) is 1.57. The van der Waals surface area contributed by atoms with E-state index in [1.807, 2.05) is 48.5 Å². The number of aromatic nitrogens is 1. The Kier molecular flexibility index (Phi) is 6.39. The third kappa shape index (κ3) is 4.59. The maximum absolute atomic E-state index is 14.1. The summed E-state index contributed by atoms with van der Waals surface area (Å²) in [4.78, 5) is 11.0. The first-order valence-electron chi connectivity index (χ1n) is 9.82. The summed E-state index contributed by atoms with van der Waals surface area (Å²) in [5, 5.41) is 13.0. The first-order valence-corrected chi connectivity index (χ1v) is 9.82. The zero-order chi connectivity index (χ0) is 22.5. The highest BCUT2D eigenvalue weighted by Crippen LogP contribution is 2.32. The molecule has 1 aromatic heterocycles. The van der Waals surface area contributed by atoms with Crippen LogP contribution in [0.15, 0.2) is 77.3 Å². The number of carboxylic acids is 1. The number of hydrogen-bond donors (Lipinski definition) is 1. The number of carboxylic acid groups (broad SMARTS) is 1. The highest BCUT2D eigenvalue weighted by Gasteiger charge is 2.15. The van der Waals surface area contributed by atoms with Crippen LogP contribution in [0.5, 0.6) is 0 Å². The van der Waals surface area contributed by atoms with E-state index in [1.165, 1.54) is 12.1 Å². The first-order chi connectivity index (χ1) is 15.6. The summed E-state index contributed by atoms with van der Waals surface area (Å²) in [6, 6.07) is 21.3. The van der Waals surface area contributed by atoms with Gasteiger partial charge in [-0.25, -0.2) is 9.18 Å². The normalized spacial score (nSPS) is 10.9. The lowest BCUT2D eigenvalue weighted by molar-refractivity contribution is -0.0389. The van der Waals surface area contributed by atoms with Gasteiger partial charge in [0, 0.05) is 24.3 Å². The molecule has 7 heteroatoms. The summed E-state index contributed by atoms with van der Waals surface area (Å²) in [5.41, 5.74) is 4.24. The maximum atomic E-state index is 14.1. The van der Waals surface area contributed by atoms with Gasteiger partial charge in [0.25, 0.3) is 0 Å². The molecule has 0 amide bonds. The van der Waals surface area contributed by atoms with Gasteiger partial charge in [-0.3, -0.25) is 0 Å². The van der Waals surface area contributed by atoms with Gasteiger partial charge in [0.1, 0.15) is 18.3 Å². The van der Waals surface area contributed by atoms with E-state index in [0.29, 0.717) is 23.6 Å². The molecule has 4 aromatic rings. The lowest BCUT2D eigenvalue weighted by atomic mass is 9.97. The smallest absolute Gasteiger partial charge is 0.338 e. The predicted molar refractivity (Wildman–Crippen MR) is 116 cm³/mol. The van der Waals surface area contributed by atoms with Crippen molar-refractivity contribution < 1.29 is 28.3 Å². The van der Waals surface area contributed by atoms with Crippen molar-refractivity contribution in [2.24, 2.45) is 0 Å². The van der Waals surface area contributed by atoms with E-state index >= 15 is 0 Å². The van der Waals surface area contributed by atoms with E-state index in [2.05, 4.69) is 5.16 Å². The van der Waals surface area contributed by atoms with Gasteiger partial charge in [0.15, 0.2) is 5.76 Å². The SMILES string of the molecule is COCOCc1cc(-c2cc(-c3ccc(C(=O)O)c(F)c3)no2)ccc1-c1ccccc1. The molecule has 0 radical (unpaired) electrons. The van der Waals surface area contributed by atoms with E-state index in [0.717, 1.165) is 28.3 Å². The van der Waals surface area contributed by atoms with Crippen molar-refractivity contribution in [3.05, 3.63) is 89.7 Å². The molecular formula is C25H20FNO5. The van der Waals surface area contributed by atoms with Crippen molar-refractivity contribution in [2.75, 3.05) is 13.9 Å². The Labute approximate surface area is 183 Å². The molecule has 1 N–H and O–H groups in total. The Hall–Kier alpha value is -3.81. The second kappa shape index (κ2) is 9.55.